The fraction of sp³-hybridized carbons (Fsp3) is 0.750. The van der Waals surface area contributed by atoms with Gasteiger partial charge in [-0.25, -0.2) is 4.79 Å². The molecule has 1 heterocycles. The summed E-state index contributed by atoms with van der Waals surface area (Å²) in [6.07, 6.45) is 1.04. The number of carboxylic acid groups (broad SMARTS) is 2. The quantitative estimate of drug-likeness (QED) is 0.334. The molecule has 0 radical (unpaired) electrons. The molecule has 0 aliphatic carbocycles. The van der Waals surface area contributed by atoms with Gasteiger partial charge in [-0.05, 0) is 38.6 Å². The molecule has 11 heteroatoms. The van der Waals surface area contributed by atoms with E-state index in [0.717, 1.165) is 17.9 Å². The van der Waals surface area contributed by atoms with E-state index < -0.39 is 48.3 Å². The molecule has 0 aromatic carbocycles. The zero-order valence-corrected chi connectivity index (χ0v) is 18.8. The van der Waals surface area contributed by atoms with Crippen molar-refractivity contribution in [3.05, 3.63) is 0 Å². The molecule has 4 atom stereocenters. The monoisotopic (exact) mass is 442 g/mol. The number of amides is 3. The lowest BCUT2D eigenvalue weighted by molar-refractivity contribution is -0.156. The Morgan fingerprint density at radius 2 is 1.58 bits per heavy atom. The van der Waals surface area contributed by atoms with Crippen LogP contribution in [0.3, 0.4) is 0 Å². The summed E-state index contributed by atoms with van der Waals surface area (Å²) >= 11 is 0. The number of carboxylic acids is 2. The van der Waals surface area contributed by atoms with Crippen molar-refractivity contribution in [2.75, 3.05) is 20.6 Å². The van der Waals surface area contributed by atoms with E-state index in [1.54, 1.807) is 0 Å². The summed E-state index contributed by atoms with van der Waals surface area (Å²) in [5.41, 5.74) is 0. The van der Waals surface area contributed by atoms with Gasteiger partial charge in [-0.2, -0.15) is 0 Å². The Hall–Kier alpha value is -2.69. The highest BCUT2D eigenvalue weighted by Crippen LogP contribution is 2.17. The summed E-state index contributed by atoms with van der Waals surface area (Å²) in [6.45, 7) is 5.96. The van der Waals surface area contributed by atoms with Crippen LogP contribution in [0.25, 0.3) is 0 Å². The van der Waals surface area contributed by atoms with Gasteiger partial charge >= 0.3 is 11.9 Å². The predicted molar refractivity (Wildman–Crippen MR) is 111 cm³/mol. The molecular formula is C20H34N4O7. The fourth-order valence-corrected chi connectivity index (χ4v) is 3.56. The van der Waals surface area contributed by atoms with E-state index in [9.17, 15) is 29.1 Å². The van der Waals surface area contributed by atoms with Gasteiger partial charge in [-0.15, -0.1) is 0 Å². The lowest BCUT2D eigenvalue weighted by atomic mass is 9.99. The van der Waals surface area contributed by atoms with Gasteiger partial charge in [0.15, 0.2) is 0 Å². The minimum Gasteiger partial charge on any atom is -0.481 e. The summed E-state index contributed by atoms with van der Waals surface area (Å²) in [7, 11) is 2.64. The van der Waals surface area contributed by atoms with Crippen LogP contribution in [0.2, 0.25) is 0 Å². The highest BCUT2D eigenvalue weighted by molar-refractivity contribution is 5.94. The second kappa shape index (κ2) is 11.6. The normalized spacial score (nSPS) is 18.7. The van der Waals surface area contributed by atoms with Crippen LogP contribution in [0.1, 0.15) is 46.5 Å². The van der Waals surface area contributed by atoms with Crippen LogP contribution in [-0.4, -0.2) is 94.5 Å². The number of likely N-dealkylation sites (N-methyl/N-ethyl adjacent to an activating group) is 2. The van der Waals surface area contributed by atoms with E-state index in [-0.39, 0.29) is 24.3 Å². The Morgan fingerprint density at radius 1 is 1.00 bits per heavy atom. The van der Waals surface area contributed by atoms with Crippen LogP contribution < -0.4 is 10.6 Å². The average Bonchev–Trinajstić information content (AvgIpc) is 3.22. The van der Waals surface area contributed by atoms with Gasteiger partial charge in [-0.3, -0.25) is 19.2 Å². The van der Waals surface area contributed by atoms with Gasteiger partial charge in [0.2, 0.25) is 17.7 Å². The third kappa shape index (κ3) is 7.50. The molecule has 0 unspecified atom stereocenters. The summed E-state index contributed by atoms with van der Waals surface area (Å²) in [5, 5.41) is 24.0. The van der Waals surface area contributed by atoms with Gasteiger partial charge < -0.3 is 30.6 Å². The first-order valence-corrected chi connectivity index (χ1v) is 10.4. The van der Waals surface area contributed by atoms with Gasteiger partial charge in [0.25, 0.3) is 0 Å². The van der Waals surface area contributed by atoms with Crippen molar-refractivity contribution in [3.8, 4) is 0 Å². The molecule has 0 spiro atoms. The van der Waals surface area contributed by atoms with Crippen LogP contribution in [0.4, 0.5) is 0 Å². The number of carbonyl (C=O) groups is 5. The van der Waals surface area contributed by atoms with Crippen molar-refractivity contribution < 1.29 is 34.2 Å². The number of nitrogens with one attached hydrogen (secondary N) is 2. The minimum atomic E-state index is -1.56. The van der Waals surface area contributed by atoms with Gasteiger partial charge in [0.1, 0.15) is 18.1 Å². The maximum atomic E-state index is 13.1. The molecule has 0 bridgehead atoms. The van der Waals surface area contributed by atoms with Crippen molar-refractivity contribution in [2.45, 2.75) is 70.6 Å². The van der Waals surface area contributed by atoms with E-state index in [4.69, 9.17) is 5.11 Å². The predicted octanol–water partition coefficient (Wildman–Crippen LogP) is -0.497. The van der Waals surface area contributed by atoms with E-state index in [0.29, 0.717) is 6.42 Å². The topological polar surface area (TPSA) is 156 Å². The van der Waals surface area contributed by atoms with E-state index >= 15 is 0 Å². The second-order valence-corrected chi connectivity index (χ2v) is 8.37. The minimum absolute atomic E-state index is 0.00654. The van der Waals surface area contributed by atoms with Crippen LogP contribution in [-0.2, 0) is 24.0 Å². The van der Waals surface area contributed by atoms with Gasteiger partial charge in [-0.1, -0.05) is 13.8 Å². The molecule has 4 N–H and O–H groups in total. The molecule has 1 rings (SSSR count). The number of hydrogen-bond acceptors (Lipinski definition) is 6. The zero-order valence-electron chi connectivity index (χ0n) is 18.8. The zero-order chi connectivity index (χ0) is 23.9. The first-order chi connectivity index (χ1) is 14.4. The lowest BCUT2D eigenvalue weighted by Crippen LogP contribution is -2.57. The summed E-state index contributed by atoms with van der Waals surface area (Å²) in [5.74, 6) is -4.26. The molecule has 11 nitrogen and oxygen atoms in total. The van der Waals surface area contributed by atoms with Crippen LogP contribution in [0, 0.1) is 5.92 Å². The van der Waals surface area contributed by atoms with Crippen LogP contribution >= 0.6 is 0 Å². The number of aliphatic carboxylic acids is 2. The molecule has 1 saturated heterocycles. The number of hydrogen-bond donors (Lipinski definition) is 4. The molecule has 0 saturated carbocycles. The molecule has 0 aromatic rings. The van der Waals surface area contributed by atoms with Crippen molar-refractivity contribution in [1.29, 1.82) is 0 Å². The SMILES string of the molecule is CC(C)C[C@@H](C(=O)N(C)[C@@H](CC(=O)O)C(=O)O)N(C)C(=O)[C@H](C)NC(=O)[C@@H]1CCCN1. The van der Waals surface area contributed by atoms with Gasteiger partial charge in [0, 0.05) is 14.1 Å². The van der Waals surface area contributed by atoms with Gasteiger partial charge in [0.05, 0.1) is 12.5 Å². The standard InChI is InChI=1S/C20H34N4O7/c1-11(2)9-14(19(29)24(5)15(20(30)31)10-16(25)26)23(4)18(28)12(3)22-17(27)13-7-6-8-21-13/h11-15,21H,6-10H2,1-5H3,(H,22,27)(H,25,26)(H,30,31)/t12-,13-,14-,15-/m0/s1. The van der Waals surface area contributed by atoms with Crippen LogP contribution in [0.15, 0.2) is 0 Å². The molecule has 0 aromatic heterocycles. The van der Waals surface area contributed by atoms with Crippen molar-refractivity contribution in [3.63, 3.8) is 0 Å². The Bertz CT molecular complexity index is 691. The molecule has 1 aliphatic rings. The van der Waals surface area contributed by atoms with Crippen molar-refractivity contribution in [1.82, 2.24) is 20.4 Å². The first kappa shape index (κ1) is 26.3. The largest absolute Gasteiger partial charge is 0.481 e. The molecule has 1 fully saturated rings. The Morgan fingerprint density at radius 3 is 2.03 bits per heavy atom. The van der Waals surface area contributed by atoms with E-state index in [1.165, 1.54) is 25.9 Å². The highest BCUT2D eigenvalue weighted by atomic mass is 16.4. The Balaban J connectivity index is 2.97. The fourth-order valence-electron chi connectivity index (χ4n) is 3.56. The molecule has 1 aliphatic heterocycles. The smallest absolute Gasteiger partial charge is 0.327 e. The van der Waals surface area contributed by atoms with Crippen LogP contribution in [0.5, 0.6) is 0 Å². The average molecular weight is 443 g/mol. The number of rotatable bonds is 11. The molecule has 176 valence electrons. The lowest BCUT2D eigenvalue weighted by Gasteiger charge is -2.35. The van der Waals surface area contributed by atoms with Crippen molar-refractivity contribution in [2.24, 2.45) is 5.92 Å². The number of carbonyl (C=O) groups excluding carboxylic acids is 3. The molecule has 31 heavy (non-hydrogen) atoms. The first-order valence-electron chi connectivity index (χ1n) is 10.4. The molecular weight excluding hydrogens is 408 g/mol. The molecule has 3 amide bonds. The maximum Gasteiger partial charge on any atom is 0.327 e. The summed E-state index contributed by atoms with van der Waals surface area (Å²) in [4.78, 5) is 62.9. The van der Waals surface area contributed by atoms with E-state index in [2.05, 4.69) is 10.6 Å². The van der Waals surface area contributed by atoms with Crippen molar-refractivity contribution >= 4 is 29.7 Å². The highest BCUT2D eigenvalue weighted by Gasteiger charge is 2.37. The Labute approximate surface area is 182 Å². The Kier molecular flexibility index (Phi) is 9.89. The number of nitrogens with zero attached hydrogens (tertiary/aromatic N) is 2. The third-order valence-electron chi connectivity index (χ3n) is 5.37. The summed E-state index contributed by atoms with van der Waals surface area (Å²) in [6, 6.07) is -3.81. The van der Waals surface area contributed by atoms with E-state index in [1.807, 2.05) is 13.8 Å². The second-order valence-electron chi connectivity index (χ2n) is 8.37. The summed E-state index contributed by atoms with van der Waals surface area (Å²) < 4.78 is 0. The maximum absolute atomic E-state index is 13.1. The third-order valence-corrected chi connectivity index (χ3v) is 5.37.